The van der Waals surface area contributed by atoms with E-state index in [1.54, 1.807) is 12.1 Å². The lowest BCUT2D eigenvalue weighted by Crippen LogP contribution is -2.43. The molecule has 0 saturated carbocycles. The Morgan fingerprint density at radius 1 is 1.50 bits per heavy atom. The lowest BCUT2D eigenvalue weighted by molar-refractivity contribution is -0.209. The number of benzene rings is 1. The van der Waals surface area contributed by atoms with Crippen molar-refractivity contribution in [3.05, 3.63) is 20.7 Å². The summed E-state index contributed by atoms with van der Waals surface area (Å²) in [5.41, 5.74) is 1.10. The number of carbonyl (C=O) groups excluding carboxylic acids is 1. The first-order valence-electron chi connectivity index (χ1n) is 7.20. The Balaban J connectivity index is 1.79. The Morgan fingerprint density at radius 3 is 2.88 bits per heavy atom. The quantitative estimate of drug-likeness (QED) is 0.489. The number of aliphatic hydroxyl groups is 1. The Hall–Kier alpha value is -1.31. The molecule has 1 aromatic heterocycles. The smallest absolute Gasteiger partial charge is 0.455 e. The number of aliphatic hydroxyl groups excluding tert-OH is 1. The van der Waals surface area contributed by atoms with Crippen molar-refractivity contribution in [3.8, 4) is 6.01 Å². The number of alkyl halides is 3. The molecule has 1 aliphatic rings. The number of H-pyrrole nitrogens is 1. The van der Waals surface area contributed by atoms with Crippen LogP contribution in [0.2, 0.25) is 5.02 Å². The van der Waals surface area contributed by atoms with Crippen LogP contribution in [0.5, 0.6) is 6.01 Å². The van der Waals surface area contributed by atoms with Crippen LogP contribution in [0.15, 0.2) is 12.1 Å². The molecule has 7 nitrogen and oxygen atoms in total. The van der Waals surface area contributed by atoms with Crippen molar-refractivity contribution >= 4 is 51.2 Å². The molecule has 3 rings (SSSR count). The zero-order valence-corrected chi connectivity index (χ0v) is 15.6. The molecule has 0 radical (unpaired) electrons. The van der Waals surface area contributed by atoms with E-state index in [2.05, 4.69) is 14.7 Å². The number of esters is 1. The van der Waals surface area contributed by atoms with Gasteiger partial charge in [0.15, 0.2) is 12.2 Å². The van der Waals surface area contributed by atoms with Crippen LogP contribution >= 0.6 is 34.2 Å². The van der Waals surface area contributed by atoms with Gasteiger partial charge in [0.25, 0.3) is 6.01 Å². The van der Waals surface area contributed by atoms with Crippen molar-refractivity contribution in [3.63, 3.8) is 0 Å². The Bertz CT molecular complexity index is 792. The molecule has 0 spiro atoms. The predicted molar refractivity (Wildman–Crippen MR) is 91.0 cm³/mol. The average molecular weight is 507 g/mol. The molecule has 142 valence electrons. The molecule has 0 amide bonds. The van der Waals surface area contributed by atoms with Crippen molar-refractivity contribution in [2.45, 2.75) is 24.5 Å². The number of imidazole rings is 1. The second-order valence-electron chi connectivity index (χ2n) is 5.40. The second kappa shape index (κ2) is 7.37. The second-order valence-corrected chi connectivity index (χ2v) is 6.97. The van der Waals surface area contributed by atoms with E-state index in [4.69, 9.17) is 21.1 Å². The number of hydrogen-bond donors (Lipinski definition) is 2. The number of carbonyl (C=O) groups is 1. The van der Waals surface area contributed by atoms with Crippen LogP contribution in [0.3, 0.4) is 0 Å². The maximum absolute atomic E-state index is 12.5. The first kappa shape index (κ1) is 19.5. The van der Waals surface area contributed by atoms with Crippen LogP contribution in [-0.4, -0.2) is 58.7 Å². The number of ether oxygens (including phenoxy) is 3. The minimum atomic E-state index is -5.17. The van der Waals surface area contributed by atoms with E-state index in [1.165, 1.54) is 0 Å². The molecule has 26 heavy (non-hydrogen) atoms. The predicted octanol–water partition coefficient (Wildman–Crippen LogP) is 2.43. The minimum absolute atomic E-state index is 0.00156. The molecule has 2 N–H and O–H groups in total. The summed E-state index contributed by atoms with van der Waals surface area (Å²) in [4.78, 5) is 18.1. The molecule has 1 aromatic carbocycles. The van der Waals surface area contributed by atoms with Crippen LogP contribution in [0.25, 0.3) is 11.0 Å². The van der Waals surface area contributed by atoms with Gasteiger partial charge >= 0.3 is 12.1 Å². The number of rotatable bonds is 4. The zero-order valence-electron chi connectivity index (χ0n) is 12.7. The van der Waals surface area contributed by atoms with Crippen molar-refractivity contribution in [1.82, 2.24) is 9.97 Å². The number of halogens is 5. The van der Waals surface area contributed by atoms with E-state index in [0.717, 1.165) is 3.57 Å². The maximum atomic E-state index is 12.5. The van der Waals surface area contributed by atoms with Gasteiger partial charge in [-0.15, -0.1) is 0 Å². The summed E-state index contributed by atoms with van der Waals surface area (Å²) in [5.74, 6) is -2.38. The van der Waals surface area contributed by atoms with Crippen LogP contribution in [0.4, 0.5) is 13.2 Å². The fourth-order valence-electron chi connectivity index (χ4n) is 2.43. The van der Waals surface area contributed by atoms with Gasteiger partial charge in [-0.05, 0) is 34.7 Å². The van der Waals surface area contributed by atoms with E-state index < -0.39 is 37.1 Å². The summed E-state index contributed by atoms with van der Waals surface area (Å²) in [6.07, 6.45) is -8.81. The van der Waals surface area contributed by atoms with Crippen LogP contribution in [0.1, 0.15) is 0 Å². The van der Waals surface area contributed by atoms with E-state index in [1.807, 2.05) is 22.6 Å². The topological polar surface area (TPSA) is 93.7 Å². The minimum Gasteiger partial charge on any atom is -0.455 e. The molecular formula is C14H11ClF3IN2O5. The van der Waals surface area contributed by atoms with E-state index in [-0.39, 0.29) is 12.6 Å². The highest BCUT2D eigenvalue weighted by Crippen LogP contribution is 2.28. The molecule has 1 aliphatic heterocycles. The van der Waals surface area contributed by atoms with Crippen LogP contribution in [-0.2, 0) is 14.3 Å². The Labute approximate surface area is 162 Å². The molecule has 0 unspecified atom stereocenters. The summed E-state index contributed by atoms with van der Waals surface area (Å²) in [7, 11) is 0. The number of aromatic amines is 1. The maximum Gasteiger partial charge on any atom is 0.490 e. The molecule has 0 aliphatic carbocycles. The van der Waals surface area contributed by atoms with Crippen molar-refractivity contribution < 1.29 is 37.3 Å². The highest BCUT2D eigenvalue weighted by molar-refractivity contribution is 14.1. The van der Waals surface area contributed by atoms with Gasteiger partial charge in [-0.3, -0.25) is 0 Å². The standard InChI is InChI=1S/C14H11ClF3IN2O5/c15-5-1-7-8(2-6(5)19)21-13(20-7)25-10-4-24-9(3-22)11(10)26-12(23)14(16,17)18/h1-2,9-11,22H,3-4H2,(H,20,21)/t9-,10-,11-/m1/s1. The summed E-state index contributed by atoms with van der Waals surface area (Å²) in [5, 5.41) is 9.71. The van der Waals surface area contributed by atoms with E-state index >= 15 is 0 Å². The Morgan fingerprint density at radius 2 is 2.23 bits per heavy atom. The third-order valence-electron chi connectivity index (χ3n) is 3.63. The molecule has 1 fully saturated rings. The lowest BCUT2D eigenvalue weighted by Gasteiger charge is -2.22. The SMILES string of the molecule is O=C(O[C@@H]1[C@@H](CO)OC[C@H]1Oc1nc2cc(I)c(Cl)cc2[nH]1)C(F)(F)F. The van der Waals surface area contributed by atoms with Gasteiger partial charge in [-0.1, -0.05) is 11.6 Å². The third-order valence-corrected chi connectivity index (χ3v) is 5.15. The summed E-state index contributed by atoms with van der Waals surface area (Å²) < 4.78 is 53.2. The highest BCUT2D eigenvalue weighted by atomic mass is 127. The molecule has 2 heterocycles. The number of nitrogens with zero attached hydrogens (tertiary/aromatic N) is 1. The van der Waals surface area contributed by atoms with Crippen LogP contribution < -0.4 is 4.74 Å². The number of nitrogens with one attached hydrogen (secondary N) is 1. The molecule has 2 aromatic rings. The number of hydrogen-bond acceptors (Lipinski definition) is 6. The summed E-state index contributed by atoms with van der Waals surface area (Å²) in [6.45, 7) is -0.819. The number of aromatic nitrogens is 2. The molecule has 1 saturated heterocycles. The van der Waals surface area contributed by atoms with Crippen molar-refractivity contribution in [1.29, 1.82) is 0 Å². The fourth-order valence-corrected chi connectivity index (χ4v) is 3.04. The highest BCUT2D eigenvalue weighted by Gasteiger charge is 2.48. The molecule has 0 bridgehead atoms. The number of fused-ring (bicyclic) bond motifs is 1. The first-order valence-corrected chi connectivity index (χ1v) is 8.66. The lowest BCUT2D eigenvalue weighted by atomic mass is 10.1. The molecule has 12 heteroatoms. The molecular weight excluding hydrogens is 496 g/mol. The zero-order chi connectivity index (χ0) is 19.1. The average Bonchev–Trinajstić information content (AvgIpc) is 3.11. The van der Waals surface area contributed by atoms with Gasteiger partial charge in [0, 0.05) is 3.57 Å². The fraction of sp³-hybridized carbons (Fsp3) is 0.429. The Kier molecular flexibility index (Phi) is 5.51. The largest absolute Gasteiger partial charge is 0.490 e. The normalized spacial score (nSPS) is 23.4. The van der Waals surface area contributed by atoms with Crippen LogP contribution in [0, 0.1) is 3.57 Å². The monoisotopic (exact) mass is 506 g/mol. The van der Waals surface area contributed by atoms with Gasteiger partial charge in [0.1, 0.15) is 6.10 Å². The van der Waals surface area contributed by atoms with E-state index in [9.17, 15) is 23.1 Å². The van der Waals surface area contributed by atoms with Gasteiger partial charge in [0.2, 0.25) is 0 Å². The van der Waals surface area contributed by atoms with Gasteiger partial charge in [0.05, 0.1) is 29.3 Å². The van der Waals surface area contributed by atoms with Gasteiger partial charge in [-0.25, -0.2) is 4.79 Å². The summed E-state index contributed by atoms with van der Waals surface area (Å²) in [6, 6.07) is 3.32. The first-order chi connectivity index (χ1) is 12.2. The van der Waals surface area contributed by atoms with Crippen molar-refractivity contribution in [2.75, 3.05) is 13.2 Å². The third kappa shape index (κ3) is 4.00. The van der Waals surface area contributed by atoms with Gasteiger partial charge < -0.3 is 24.3 Å². The van der Waals surface area contributed by atoms with Gasteiger partial charge in [-0.2, -0.15) is 18.2 Å². The van der Waals surface area contributed by atoms with Crippen molar-refractivity contribution in [2.24, 2.45) is 0 Å². The summed E-state index contributed by atoms with van der Waals surface area (Å²) >= 11 is 8.05. The van der Waals surface area contributed by atoms with E-state index in [0.29, 0.717) is 16.1 Å². The molecule has 3 atom stereocenters.